The molecule has 0 saturated heterocycles. The van der Waals surface area contributed by atoms with E-state index in [2.05, 4.69) is 5.32 Å². The largest absolute Gasteiger partial charge is 0.478 e. The highest BCUT2D eigenvalue weighted by molar-refractivity contribution is 6.31. The van der Waals surface area contributed by atoms with Crippen molar-refractivity contribution in [2.24, 2.45) is 0 Å². The lowest BCUT2D eigenvalue weighted by atomic mass is 10.1. The third-order valence-corrected chi connectivity index (χ3v) is 3.59. The first-order valence-corrected chi connectivity index (χ1v) is 6.83. The predicted molar refractivity (Wildman–Crippen MR) is 73.5 cm³/mol. The van der Waals surface area contributed by atoms with Crippen LogP contribution in [0.1, 0.15) is 48.9 Å². The number of carboxylic acid groups (broad SMARTS) is 1. The lowest BCUT2D eigenvalue weighted by Crippen LogP contribution is -2.18. The van der Waals surface area contributed by atoms with Crippen LogP contribution >= 0.6 is 11.6 Å². The topological polar surface area (TPSA) is 49.3 Å². The summed E-state index contributed by atoms with van der Waals surface area (Å²) in [5.74, 6) is -0.943. The molecule has 2 rings (SSSR count). The molecule has 1 saturated carbocycles. The maximum Gasteiger partial charge on any atom is 0.335 e. The van der Waals surface area contributed by atoms with Crippen LogP contribution in [-0.4, -0.2) is 17.1 Å². The molecule has 1 aromatic carbocycles. The van der Waals surface area contributed by atoms with Crippen LogP contribution in [0, 0.1) is 0 Å². The summed E-state index contributed by atoms with van der Waals surface area (Å²) in [6, 6.07) is 5.35. The first kappa shape index (κ1) is 13.2. The van der Waals surface area contributed by atoms with Crippen molar-refractivity contribution in [2.75, 3.05) is 5.32 Å². The lowest BCUT2D eigenvalue weighted by molar-refractivity contribution is 0.0697. The summed E-state index contributed by atoms with van der Waals surface area (Å²) in [6.45, 7) is 0. The summed E-state index contributed by atoms with van der Waals surface area (Å²) >= 11 is 5.94. The molecule has 1 aromatic rings. The molecule has 0 aromatic heterocycles. The Morgan fingerprint density at radius 1 is 1.17 bits per heavy atom. The maximum atomic E-state index is 11.0. The SMILES string of the molecule is O=C(O)c1cc(Cl)cc(NC2CCCCCC2)c1. The molecule has 0 spiro atoms. The van der Waals surface area contributed by atoms with Crippen LogP contribution in [0.3, 0.4) is 0 Å². The van der Waals surface area contributed by atoms with Crippen molar-refractivity contribution in [3.05, 3.63) is 28.8 Å². The van der Waals surface area contributed by atoms with Gasteiger partial charge in [0.1, 0.15) is 0 Å². The number of benzene rings is 1. The van der Waals surface area contributed by atoms with Gasteiger partial charge in [-0.1, -0.05) is 37.3 Å². The molecular formula is C14H18ClNO2. The molecule has 0 bridgehead atoms. The second-order valence-corrected chi connectivity index (χ2v) is 5.30. The third kappa shape index (κ3) is 3.64. The first-order chi connectivity index (χ1) is 8.65. The fraction of sp³-hybridized carbons (Fsp3) is 0.500. The lowest BCUT2D eigenvalue weighted by Gasteiger charge is -2.18. The van der Waals surface area contributed by atoms with Gasteiger partial charge < -0.3 is 10.4 Å². The Balaban J connectivity index is 2.10. The summed E-state index contributed by atoms with van der Waals surface area (Å²) in [5, 5.41) is 12.9. The molecular weight excluding hydrogens is 250 g/mol. The highest BCUT2D eigenvalue weighted by atomic mass is 35.5. The normalized spacial score (nSPS) is 17.2. The van der Waals surface area contributed by atoms with Crippen LogP contribution in [-0.2, 0) is 0 Å². The zero-order valence-electron chi connectivity index (χ0n) is 10.3. The van der Waals surface area contributed by atoms with Gasteiger partial charge in [0.2, 0.25) is 0 Å². The minimum atomic E-state index is -0.943. The molecule has 1 aliphatic rings. The van der Waals surface area contributed by atoms with Crippen molar-refractivity contribution in [3.63, 3.8) is 0 Å². The van der Waals surface area contributed by atoms with Crippen molar-refractivity contribution in [1.29, 1.82) is 0 Å². The number of hydrogen-bond acceptors (Lipinski definition) is 2. The second kappa shape index (κ2) is 6.10. The van der Waals surface area contributed by atoms with E-state index in [9.17, 15) is 4.79 Å². The number of carboxylic acids is 1. The van der Waals surface area contributed by atoms with Gasteiger partial charge in [0.15, 0.2) is 0 Å². The van der Waals surface area contributed by atoms with Crippen molar-refractivity contribution in [3.8, 4) is 0 Å². The van der Waals surface area contributed by atoms with Crippen LogP contribution in [0.5, 0.6) is 0 Å². The van der Waals surface area contributed by atoms with Gasteiger partial charge in [-0.25, -0.2) is 4.79 Å². The zero-order chi connectivity index (χ0) is 13.0. The first-order valence-electron chi connectivity index (χ1n) is 6.45. The minimum absolute atomic E-state index is 0.235. The molecule has 2 N–H and O–H groups in total. The Kier molecular flexibility index (Phi) is 4.48. The summed E-state index contributed by atoms with van der Waals surface area (Å²) in [5.41, 5.74) is 1.05. The average Bonchev–Trinajstić information content (AvgIpc) is 2.57. The molecule has 4 heteroatoms. The van der Waals surface area contributed by atoms with Crippen LogP contribution in [0.2, 0.25) is 5.02 Å². The molecule has 18 heavy (non-hydrogen) atoms. The standard InChI is InChI=1S/C14H18ClNO2/c15-11-7-10(14(17)18)8-13(9-11)16-12-5-3-1-2-4-6-12/h7-9,12,16H,1-6H2,(H,17,18). The minimum Gasteiger partial charge on any atom is -0.478 e. The summed E-state index contributed by atoms with van der Waals surface area (Å²) in [6.07, 6.45) is 7.38. The molecule has 0 radical (unpaired) electrons. The molecule has 1 fully saturated rings. The van der Waals surface area contributed by atoms with Crippen LogP contribution in [0.15, 0.2) is 18.2 Å². The average molecular weight is 268 g/mol. The van der Waals surface area contributed by atoms with Gasteiger partial charge in [-0.05, 0) is 31.0 Å². The van der Waals surface area contributed by atoms with Gasteiger partial charge >= 0.3 is 5.97 Å². The Hall–Kier alpha value is -1.22. The number of rotatable bonds is 3. The number of hydrogen-bond donors (Lipinski definition) is 2. The number of nitrogens with one attached hydrogen (secondary N) is 1. The van der Waals surface area contributed by atoms with E-state index < -0.39 is 5.97 Å². The van der Waals surface area contributed by atoms with Crippen LogP contribution in [0.4, 0.5) is 5.69 Å². The Bertz CT molecular complexity index is 426. The fourth-order valence-electron chi connectivity index (χ4n) is 2.46. The van der Waals surface area contributed by atoms with Gasteiger partial charge in [-0.3, -0.25) is 0 Å². The Labute approximate surface area is 112 Å². The molecule has 98 valence electrons. The van der Waals surface area contributed by atoms with Crippen LogP contribution < -0.4 is 5.32 Å². The van der Waals surface area contributed by atoms with Gasteiger partial charge in [0.05, 0.1) is 5.56 Å². The van der Waals surface area contributed by atoms with Gasteiger partial charge in [-0.15, -0.1) is 0 Å². The Morgan fingerprint density at radius 3 is 2.44 bits per heavy atom. The van der Waals surface area contributed by atoms with E-state index in [1.807, 2.05) is 0 Å². The van der Waals surface area contributed by atoms with E-state index >= 15 is 0 Å². The predicted octanol–water partition coefficient (Wildman–Crippen LogP) is 4.17. The third-order valence-electron chi connectivity index (χ3n) is 3.37. The van der Waals surface area contributed by atoms with Crippen molar-refractivity contribution in [1.82, 2.24) is 0 Å². The highest BCUT2D eigenvalue weighted by Gasteiger charge is 2.13. The highest BCUT2D eigenvalue weighted by Crippen LogP contribution is 2.24. The molecule has 0 atom stereocenters. The van der Waals surface area contributed by atoms with Crippen molar-refractivity contribution >= 4 is 23.3 Å². The van der Waals surface area contributed by atoms with Gasteiger partial charge in [0.25, 0.3) is 0 Å². The van der Waals surface area contributed by atoms with Gasteiger partial charge in [-0.2, -0.15) is 0 Å². The molecule has 0 heterocycles. The number of aromatic carboxylic acids is 1. The molecule has 3 nitrogen and oxygen atoms in total. The maximum absolute atomic E-state index is 11.0. The molecule has 1 aliphatic carbocycles. The second-order valence-electron chi connectivity index (χ2n) is 4.87. The van der Waals surface area contributed by atoms with Crippen molar-refractivity contribution in [2.45, 2.75) is 44.6 Å². The van der Waals surface area contributed by atoms with Crippen molar-refractivity contribution < 1.29 is 9.90 Å². The molecule has 0 unspecified atom stereocenters. The molecule has 0 amide bonds. The smallest absolute Gasteiger partial charge is 0.335 e. The number of carbonyl (C=O) groups is 1. The van der Waals surface area contributed by atoms with Crippen LogP contribution in [0.25, 0.3) is 0 Å². The van der Waals surface area contributed by atoms with E-state index in [1.54, 1.807) is 12.1 Å². The van der Waals surface area contributed by atoms with Gasteiger partial charge in [0, 0.05) is 16.8 Å². The summed E-state index contributed by atoms with van der Waals surface area (Å²) in [7, 11) is 0. The summed E-state index contributed by atoms with van der Waals surface area (Å²) in [4.78, 5) is 11.0. The Morgan fingerprint density at radius 2 is 1.83 bits per heavy atom. The fourth-order valence-corrected chi connectivity index (χ4v) is 2.69. The van der Waals surface area contributed by atoms with E-state index in [0.717, 1.165) is 18.5 Å². The molecule has 0 aliphatic heterocycles. The number of anilines is 1. The van der Waals surface area contributed by atoms with E-state index in [4.69, 9.17) is 16.7 Å². The van der Waals surface area contributed by atoms with E-state index in [0.29, 0.717) is 11.1 Å². The monoisotopic (exact) mass is 267 g/mol. The quantitative estimate of drug-likeness (QED) is 0.808. The number of halogens is 1. The zero-order valence-corrected chi connectivity index (χ0v) is 11.0. The van der Waals surface area contributed by atoms with E-state index in [-0.39, 0.29) is 5.56 Å². The van der Waals surface area contributed by atoms with E-state index in [1.165, 1.54) is 31.7 Å². The summed E-state index contributed by atoms with van der Waals surface area (Å²) < 4.78 is 0.